The first kappa shape index (κ1) is 14.9. The average molecular weight is 247 g/mol. The molecule has 92 valence electrons. The maximum atomic E-state index is 11.1. The minimum Gasteiger partial charge on any atom is -0.355 e. The van der Waals surface area contributed by atoms with Crippen LogP contribution in [0.15, 0.2) is 23.8 Å². The van der Waals surface area contributed by atoms with Crippen LogP contribution >= 0.6 is 0 Å². The number of carbonyl (C=O) groups excluding carboxylic acids is 1. The summed E-state index contributed by atoms with van der Waals surface area (Å²) in [4.78, 5) is 11.1. The lowest BCUT2D eigenvalue weighted by atomic mass is 10.2. The Balaban J connectivity index is 3.81. The van der Waals surface area contributed by atoms with E-state index in [4.69, 9.17) is 4.55 Å². The topological polar surface area (TPSA) is 83.5 Å². The fourth-order valence-electron chi connectivity index (χ4n) is 0.840. The predicted octanol–water partition coefficient (Wildman–Crippen LogP) is 0.903. The highest BCUT2D eigenvalue weighted by molar-refractivity contribution is 7.85. The van der Waals surface area contributed by atoms with Crippen LogP contribution < -0.4 is 5.32 Å². The van der Waals surface area contributed by atoms with E-state index in [9.17, 15) is 13.2 Å². The van der Waals surface area contributed by atoms with Gasteiger partial charge in [0.1, 0.15) is 0 Å². The first-order valence-electron chi connectivity index (χ1n) is 4.86. The summed E-state index contributed by atoms with van der Waals surface area (Å²) in [7, 11) is -4.00. The molecule has 0 unspecified atom stereocenters. The molecule has 16 heavy (non-hydrogen) atoms. The van der Waals surface area contributed by atoms with Gasteiger partial charge >= 0.3 is 0 Å². The van der Waals surface area contributed by atoms with Gasteiger partial charge in [0.05, 0.1) is 5.75 Å². The Kier molecular flexibility index (Phi) is 6.67. The number of carbonyl (C=O) groups is 1. The molecule has 0 aromatic carbocycles. The van der Waals surface area contributed by atoms with Gasteiger partial charge in [0.25, 0.3) is 10.1 Å². The first-order chi connectivity index (χ1) is 7.35. The van der Waals surface area contributed by atoms with E-state index in [1.807, 2.05) is 26.0 Å². The maximum absolute atomic E-state index is 11.1. The fraction of sp³-hybridized carbons (Fsp3) is 0.500. The zero-order valence-electron chi connectivity index (χ0n) is 9.43. The molecule has 0 aromatic heterocycles. The predicted molar refractivity (Wildman–Crippen MR) is 62.6 cm³/mol. The molecule has 0 radical (unpaired) electrons. The van der Waals surface area contributed by atoms with Crippen LogP contribution in [0.3, 0.4) is 0 Å². The third kappa shape index (κ3) is 9.42. The second kappa shape index (κ2) is 7.19. The molecule has 0 aliphatic rings. The van der Waals surface area contributed by atoms with Crippen LogP contribution in [0.4, 0.5) is 0 Å². The summed E-state index contributed by atoms with van der Waals surface area (Å²) in [6.45, 7) is 3.73. The number of nitrogens with one attached hydrogen (secondary N) is 1. The van der Waals surface area contributed by atoms with E-state index >= 15 is 0 Å². The normalized spacial score (nSPS) is 13.1. The van der Waals surface area contributed by atoms with Crippen molar-refractivity contribution in [3.05, 3.63) is 23.8 Å². The molecule has 1 amide bonds. The van der Waals surface area contributed by atoms with Gasteiger partial charge in [-0.2, -0.15) is 8.42 Å². The molecule has 0 bridgehead atoms. The molecule has 0 rings (SSSR count). The monoisotopic (exact) mass is 247 g/mol. The van der Waals surface area contributed by atoms with E-state index < -0.39 is 15.9 Å². The zero-order valence-corrected chi connectivity index (χ0v) is 10.3. The van der Waals surface area contributed by atoms with E-state index in [0.29, 0.717) is 0 Å². The van der Waals surface area contributed by atoms with Gasteiger partial charge in [-0.15, -0.1) is 0 Å². The van der Waals surface area contributed by atoms with E-state index in [0.717, 1.165) is 5.57 Å². The van der Waals surface area contributed by atoms with Gasteiger partial charge in [-0.3, -0.25) is 9.35 Å². The summed E-state index contributed by atoms with van der Waals surface area (Å²) >= 11 is 0. The van der Waals surface area contributed by atoms with E-state index in [2.05, 4.69) is 5.32 Å². The first-order valence-corrected chi connectivity index (χ1v) is 6.47. The summed E-state index contributed by atoms with van der Waals surface area (Å²) in [6.07, 6.45) is 5.60. The lowest BCUT2D eigenvalue weighted by Crippen LogP contribution is -2.28. The van der Waals surface area contributed by atoms with Gasteiger partial charge in [0, 0.05) is 13.0 Å². The Labute approximate surface area is 96.0 Å². The van der Waals surface area contributed by atoms with E-state index in [1.54, 1.807) is 6.08 Å². The molecule has 0 aromatic rings. The lowest BCUT2D eigenvalue weighted by Gasteiger charge is -2.00. The molecule has 0 spiro atoms. The number of allylic oxidation sites excluding steroid dienone is 3. The summed E-state index contributed by atoms with van der Waals surface area (Å²) in [5.41, 5.74) is 1.05. The van der Waals surface area contributed by atoms with Crippen LogP contribution in [0.2, 0.25) is 0 Å². The molecule has 0 saturated carbocycles. The molecule has 6 heteroatoms. The van der Waals surface area contributed by atoms with Crippen molar-refractivity contribution in [2.45, 2.75) is 20.3 Å². The number of hydrogen-bond acceptors (Lipinski definition) is 3. The molecule has 0 atom stereocenters. The second-order valence-electron chi connectivity index (χ2n) is 3.28. The van der Waals surface area contributed by atoms with Crippen molar-refractivity contribution in [3.8, 4) is 0 Å². The van der Waals surface area contributed by atoms with Gasteiger partial charge in [-0.25, -0.2) is 0 Å². The van der Waals surface area contributed by atoms with Crippen LogP contribution in [0.5, 0.6) is 0 Å². The van der Waals surface area contributed by atoms with Crippen molar-refractivity contribution >= 4 is 16.0 Å². The van der Waals surface area contributed by atoms with Gasteiger partial charge in [0.15, 0.2) is 0 Å². The SMILES string of the molecule is C/C=C(C)\C=C/CC(=O)NCCS(=O)(=O)O. The number of hydrogen-bond donors (Lipinski definition) is 2. The largest absolute Gasteiger partial charge is 0.355 e. The maximum Gasteiger partial charge on any atom is 0.266 e. The Morgan fingerprint density at radius 2 is 2.06 bits per heavy atom. The summed E-state index contributed by atoms with van der Waals surface area (Å²) < 4.78 is 29.1. The van der Waals surface area contributed by atoms with Crippen molar-refractivity contribution < 1.29 is 17.8 Å². The number of amides is 1. The molecule has 2 N–H and O–H groups in total. The minimum absolute atomic E-state index is 0.0753. The Morgan fingerprint density at radius 1 is 1.44 bits per heavy atom. The number of rotatable bonds is 6. The Morgan fingerprint density at radius 3 is 2.56 bits per heavy atom. The molecule has 5 nitrogen and oxygen atoms in total. The van der Waals surface area contributed by atoms with Crippen molar-refractivity contribution in [2.75, 3.05) is 12.3 Å². The highest BCUT2D eigenvalue weighted by atomic mass is 32.2. The molecular weight excluding hydrogens is 230 g/mol. The molecule has 0 saturated heterocycles. The molecule has 0 heterocycles. The van der Waals surface area contributed by atoms with Crippen molar-refractivity contribution in [1.82, 2.24) is 5.32 Å². The van der Waals surface area contributed by atoms with E-state index in [-0.39, 0.29) is 18.9 Å². The minimum atomic E-state index is -4.00. The van der Waals surface area contributed by atoms with E-state index in [1.165, 1.54) is 0 Å². The van der Waals surface area contributed by atoms with Crippen LogP contribution in [0.25, 0.3) is 0 Å². The Hall–Kier alpha value is -1.14. The lowest BCUT2D eigenvalue weighted by molar-refractivity contribution is -0.120. The van der Waals surface area contributed by atoms with Gasteiger partial charge in [-0.1, -0.05) is 23.8 Å². The molecular formula is C10H17NO4S. The standard InChI is InChI=1S/C10H17NO4S/c1-3-9(2)5-4-6-10(12)11-7-8-16(13,14)15/h3-5H,6-8H2,1-2H3,(H,11,12)(H,13,14,15)/b5-4-,9-3-. The summed E-state index contributed by atoms with van der Waals surface area (Å²) in [5.74, 6) is -0.736. The Bertz CT molecular complexity index is 382. The van der Waals surface area contributed by atoms with Gasteiger partial charge < -0.3 is 5.32 Å². The van der Waals surface area contributed by atoms with Crippen LogP contribution in [0, 0.1) is 0 Å². The third-order valence-corrected chi connectivity index (χ3v) is 2.54. The van der Waals surface area contributed by atoms with Crippen molar-refractivity contribution in [2.24, 2.45) is 0 Å². The fourth-order valence-corrected chi connectivity index (χ4v) is 1.20. The van der Waals surface area contributed by atoms with Crippen molar-refractivity contribution in [1.29, 1.82) is 0 Å². The average Bonchev–Trinajstić information content (AvgIpc) is 2.15. The molecule has 0 fully saturated rings. The van der Waals surface area contributed by atoms with Crippen LogP contribution in [-0.2, 0) is 14.9 Å². The second-order valence-corrected chi connectivity index (χ2v) is 4.85. The quantitative estimate of drug-likeness (QED) is 0.539. The molecule has 0 aliphatic heterocycles. The third-order valence-electron chi connectivity index (χ3n) is 1.82. The molecule has 0 aliphatic carbocycles. The van der Waals surface area contributed by atoms with Crippen molar-refractivity contribution in [3.63, 3.8) is 0 Å². The highest BCUT2D eigenvalue weighted by Gasteiger charge is 2.04. The zero-order chi connectivity index (χ0) is 12.6. The summed E-state index contributed by atoms with van der Waals surface area (Å²) in [6, 6.07) is 0. The summed E-state index contributed by atoms with van der Waals surface area (Å²) in [5, 5.41) is 2.38. The van der Waals surface area contributed by atoms with Gasteiger partial charge in [-0.05, 0) is 13.8 Å². The highest BCUT2D eigenvalue weighted by Crippen LogP contribution is 1.95. The van der Waals surface area contributed by atoms with Crippen LogP contribution in [0.1, 0.15) is 20.3 Å². The van der Waals surface area contributed by atoms with Gasteiger partial charge in [0.2, 0.25) is 5.91 Å². The van der Waals surface area contributed by atoms with Crippen LogP contribution in [-0.4, -0.2) is 31.2 Å². The smallest absolute Gasteiger partial charge is 0.266 e.